The van der Waals surface area contributed by atoms with E-state index >= 15 is 0 Å². The van der Waals surface area contributed by atoms with Gasteiger partial charge < -0.3 is 0 Å². The predicted molar refractivity (Wildman–Crippen MR) is 115 cm³/mol. The lowest BCUT2D eigenvalue weighted by atomic mass is 9.89. The fourth-order valence-electron chi connectivity index (χ4n) is 3.21. The number of nitrogens with one attached hydrogen (secondary N) is 1. The lowest BCUT2D eigenvalue weighted by Crippen LogP contribution is -2.19. The third-order valence-corrected chi connectivity index (χ3v) is 6.62. The SMILES string of the molecule is Cc1ccc(NS(=O)(=O)c2c(C(C)C)cc(C(C)C)cc2C(C)C)cc1C. The fourth-order valence-corrected chi connectivity index (χ4v) is 4.96. The summed E-state index contributed by atoms with van der Waals surface area (Å²) in [5.74, 6) is 0.588. The van der Waals surface area contributed by atoms with Crippen molar-refractivity contribution >= 4 is 15.7 Å². The van der Waals surface area contributed by atoms with Crippen LogP contribution in [0.3, 0.4) is 0 Å². The Hall–Kier alpha value is -1.81. The summed E-state index contributed by atoms with van der Waals surface area (Å²) in [7, 11) is -3.69. The maximum absolute atomic E-state index is 13.4. The van der Waals surface area contributed by atoms with Gasteiger partial charge in [-0.15, -0.1) is 0 Å². The van der Waals surface area contributed by atoms with Gasteiger partial charge in [0, 0.05) is 5.69 Å². The van der Waals surface area contributed by atoms with Crippen LogP contribution in [0.15, 0.2) is 35.2 Å². The van der Waals surface area contributed by atoms with E-state index in [0.717, 1.165) is 22.3 Å². The Bertz CT molecular complexity index is 896. The van der Waals surface area contributed by atoms with E-state index in [-0.39, 0.29) is 11.8 Å². The van der Waals surface area contributed by atoms with E-state index in [0.29, 0.717) is 16.5 Å². The maximum Gasteiger partial charge on any atom is 0.262 e. The van der Waals surface area contributed by atoms with Crippen molar-refractivity contribution in [3.05, 3.63) is 58.1 Å². The Balaban J connectivity index is 2.67. The van der Waals surface area contributed by atoms with Gasteiger partial charge >= 0.3 is 0 Å². The Kier molecular flexibility index (Phi) is 6.41. The van der Waals surface area contributed by atoms with Crippen LogP contribution in [0, 0.1) is 13.8 Å². The van der Waals surface area contributed by atoms with Gasteiger partial charge in [0.15, 0.2) is 0 Å². The standard InChI is InChI=1S/C23H33NO2S/c1-14(2)19-12-21(15(3)4)23(22(13-19)16(5)6)27(25,26)24-20-10-9-17(7)18(8)11-20/h9-16,24H,1-8H3. The third kappa shape index (κ3) is 4.73. The smallest absolute Gasteiger partial charge is 0.262 e. The largest absolute Gasteiger partial charge is 0.280 e. The van der Waals surface area contributed by atoms with E-state index in [9.17, 15) is 8.42 Å². The number of anilines is 1. The first kappa shape index (κ1) is 21.5. The highest BCUT2D eigenvalue weighted by Gasteiger charge is 2.27. The summed E-state index contributed by atoms with van der Waals surface area (Å²) in [5, 5.41) is 0. The molecule has 0 aliphatic carbocycles. The predicted octanol–water partition coefficient (Wildman–Crippen LogP) is 6.47. The van der Waals surface area contributed by atoms with Crippen LogP contribution in [0.2, 0.25) is 0 Å². The molecule has 0 aliphatic rings. The Morgan fingerprint density at radius 2 is 1.26 bits per heavy atom. The monoisotopic (exact) mass is 387 g/mol. The Morgan fingerprint density at radius 1 is 0.741 bits per heavy atom. The topological polar surface area (TPSA) is 46.2 Å². The average molecular weight is 388 g/mol. The van der Waals surface area contributed by atoms with Gasteiger partial charge in [0.05, 0.1) is 4.90 Å². The maximum atomic E-state index is 13.4. The van der Waals surface area contributed by atoms with Crippen molar-refractivity contribution in [2.45, 2.75) is 78.0 Å². The first-order valence-electron chi connectivity index (χ1n) is 9.71. The summed E-state index contributed by atoms with van der Waals surface area (Å²) in [6.45, 7) is 16.5. The number of benzene rings is 2. The van der Waals surface area contributed by atoms with Crippen molar-refractivity contribution in [2.24, 2.45) is 0 Å². The van der Waals surface area contributed by atoms with Crippen molar-refractivity contribution in [3.63, 3.8) is 0 Å². The Morgan fingerprint density at radius 3 is 1.67 bits per heavy atom. The van der Waals surface area contributed by atoms with Crippen LogP contribution in [0.1, 0.15) is 87.1 Å². The molecule has 0 radical (unpaired) electrons. The molecule has 0 unspecified atom stereocenters. The minimum Gasteiger partial charge on any atom is -0.280 e. The second kappa shape index (κ2) is 8.05. The van der Waals surface area contributed by atoms with Crippen LogP contribution in [-0.4, -0.2) is 8.42 Å². The lowest BCUT2D eigenvalue weighted by molar-refractivity contribution is 0.595. The summed E-state index contributed by atoms with van der Waals surface area (Å²) in [6, 6.07) is 9.79. The molecule has 2 aromatic carbocycles. The van der Waals surface area contributed by atoms with Gasteiger partial charge in [0.2, 0.25) is 0 Å². The van der Waals surface area contributed by atoms with Gasteiger partial charge in [0.25, 0.3) is 10.0 Å². The van der Waals surface area contributed by atoms with Gasteiger partial charge in [0.1, 0.15) is 0 Å². The molecule has 0 saturated carbocycles. The average Bonchev–Trinajstić information content (AvgIpc) is 2.56. The van der Waals surface area contributed by atoms with Crippen LogP contribution in [0.4, 0.5) is 5.69 Å². The Labute approximate surface area is 165 Å². The summed E-state index contributed by atoms with van der Waals surface area (Å²) in [6.07, 6.45) is 0. The highest BCUT2D eigenvalue weighted by atomic mass is 32.2. The van der Waals surface area contributed by atoms with E-state index in [2.05, 4.69) is 58.4 Å². The highest BCUT2D eigenvalue weighted by Crippen LogP contribution is 2.36. The minimum atomic E-state index is -3.69. The number of hydrogen-bond donors (Lipinski definition) is 1. The van der Waals surface area contributed by atoms with Crippen LogP contribution < -0.4 is 4.72 Å². The molecule has 3 nitrogen and oxygen atoms in total. The summed E-state index contributed by atoms with van der Waals surface area (Å²) >= 11 is 0. The zero-order chi connectivity index (χ0) is 20.5. The molecular weight excluding hydrogens is 354 g/mol. The molecule has 0 atom stereocenters. The molecule has 4 heteroatoms. The quantitative estimate of drug-likeness (QED) is 0.617. The number of aryl methyl sites for hydroxylation is 2. The van der Waals surface area contributed by atoms with Gasteiger partial charge in [-0.3, -0.25) is 4.72 Å². The number of sulfonamides is 1. The molecule has 0 amide bonds. The van der Waals surface area contributed by atoms with E-state index in [1.54, 1.807) is 0 Å². The lowest BCUT2D eigenvalue weighted by Gasteiger charge is -2.23. The molecule has 0 aliphatic heterocycles. The van der Waals surface area contributed by atoms with Crippen molar-refractivity contribution in [1.82, 2.24) is 0 Å². The van der Waals surface area contributed by atoms with Crippen LogP contribution >= 0.6 is 0 Å². The first-order valence-corrected chi connectivity index (χ1v) is 11.2. The second-order valence-electron chi connectivity index (χ2n) is 8.40. The van der Waals surface area contributed by atoms with Gasteiger partial charge in [-0.25, -0.2) is 8.42 Å². The molecule has 2 aromatic rings. The van der Waals surface area contributed by atoms with E-state index in [1.165, 1.54) is 5.56 Å². The van der Waals surface area contributed by atoms with Gasteiger partial charge in [-0.1, -0.05) is 59.7 Å². The van der Waals surface area contributed by atoms with Gasteiger partial charge in [-0.05, 0) is 71.6 Å². The second-order valence-corrected chi connectivity index (χ2v) is 10.0. The normalized spacial score (nSPS) is 12.3. The summed E-state index contributed by atoms with van der Waals surface area (Å²) < 4.78 is 29.7. The fraction of sp³-hybridized carbons (Fsp3) is 0.478. The van der Waals surface area contributed by atoms with Crippen molar-refractivity contribution in [3.8, 4) is 0 Å². The molecule has 0 aromatic heterocycles. The number of hydrogen-bond acceptors (Lipinski definition) is 2. The zero-order valence-corrected chi connectivity index (χ0v) is 18.7. The molecule has 0 fully saturated rings. The molecule has 0 bridgehead atoms. The molecule has 0 spiro atoms. The molecule has 2 rings (SSSR count). The van der Waals surface area contributed by atoms with Crippen LogP contribution in [0.5, 0.6) is 0 Å². The van der Waals surface area contributed by atoms with Crippen molar-refractivity contribution in [2.75, 3.05) is 4.72 Å². The minimum absolute atomic E-state index is 0.118. The first-order chi connectivity index (χ1) is 12.4. The van der Waals surface area contributed by atoms with E-state index < -0.39 is 10.0 Å². The summed E-state index contributed by atoms with van der Waals surface area (Å²) in [5.41, 5.74) is 5.79. The molecule has 0 saturated heterocycles. The van der Waals surface area contributed by atoms with E-state index in [4.69, 9.17) is 0 Å². The van der Waals surface area contributed by atoms with Crippen LogP contribution in [0.25, 0.3) is 0 Å². The molecule has 0 heterocycles. The van der Waals surface area contributed by atoms with E-state index in [1.807, 2.05) is 32.0 Å². The number of rotatable bonds is 6. The van der Waals surface area contributed by atoms with Crippen molar-refractivity contribution < 1.29 is 8.42 Å². The van der Waals surface area contributed by atoms with Crippen LogP contribution in [-0.2, 0) is 10.0 Å². The van der Waals surface area contributed by atoms with Crippen molar-refractivity contribution in [1.29, 1.82) is 0 Å². The molecule has 1 N–H and O–H groups in total. The molecule has 148 valence electrons. The summed E-state index contributed by atoms with van der Waals surface area (Å²) in [4.78, 5) is 0.440. The third-order valence-electron chi connectivity index (χ3n) is 5.11. The zero-order valence-electron chi connectivity index (χ0n) is 17.8. The molecule has 27 heavy (non-hydrogen) atoms. The highest BCUT2D eigenvalue weighted by molar-refractivity contribution is 7.92. The van der Waals surface area contributed by atoms with Gasteiger partial charge in [-0.2, -0.15) is 0 Å². The molecular formula is C23H33NO2S.